The van der Waals surface area contributed by atoms with E-state index in [0.29, 0.717) is 17.9 Å². The molecule has 1 aromatic carbocycles. The van der Waals surface area contributed by atoms with E-state index in [1.165, 1.54) is 4.52 Å². The summed E-state index contributed by atoms with van der Waals surface area (Å²) in [6.07, 6.45) is 1.62. The van der Waals surface area contributed by atoms with Crippen LogP contribution in [0.2, 0.25) is 0 Å². The Morgan fingerprint density at radius 3 is 2.77 bits per heavy atom. The van der Waals surface area contributed by atoms with Crippen LogP contribution in [0.25, 0.3) is 5.78 Å². The van der Waals surface area contributed by atoms with Gasteiger partial charge in [-0.1, -0.05) is 12.1 Å². The van der Waals surface area contributed by atoms with E-state index in [9.17, 15) is 4.79 Å². The van der Waals surface area contributed by atoms with Crippen molar-refractivity contribution >= 4 is 11.7 Å². The molecular formula is C15H12N6O. The number of nitriles is 1. The first-order chi connectivity index (χ1) is 10.7. The van der Waals surface area contributed by atoms with Gasteiger partial charge in [-0.15, -0.1) is 5.10 Å². The van der Waals surface area contributed by atoms with Crippen LogP contribution in [0.5, 0.6) is 0 Å². The number of aromatic nitrogens is 4. The molecule has 0 spiro atoms. The largest absolute Gasteiger partial charge is 0.345 e. The minimum Gasteiger partial charge on any atom is -0.345 e. The van der Waals surface area contributed by atoms with Gasteiger partial charge in [-0.05, 0) is 30.7 Å². The second-order valence-corrected chi connectivity index (χ2v) is 4.72. The van der Waals surface area contributed by atoms with Crippen LogP contribution in [0, 0.1) is 18.3 Å². The highest BCUT2D eigenvalue weighted by Gasteiger charge is 2.13. The van der Waals surface area contributed by atoms with E-state index in [4.69, 9.17) is 5.26 Å². The number of carbonyl (C=O) groups excluding carboxylic acids is 1. The molecule has 22 heavy (non-hydrogen) atoms. The summed E-state index contributed by atoms with van der Waals surface area (Å²) in [4.78, 5) is 20.3. The molecule has 2 aromatic heterocycles. The predicted octanol–water partition coefficient (Wildman–Crippen LogP) is 1.23. The van der Waals surface area contributed by atoms with E-state index in [2.05, 4.69) is 20.4 Å². The fourth-order valence-electron chi connectivity index (χ4n) is 1.96. The van der Waals surface area contributed by atoms with Crippen molar-refractivity contribution in [3.05, 3.63) is 59.2 Å². The molecule has 0 bridgehead atoms. The normalized spacial score (nSPS) is 10.4. The standard InChI is InChI=1S/C15H12N6O/c1-10-6-7-17-15-19-13(20-21(10)15)14(22)18-9-12-4-2-11(8-16)3-5-12/h2-7H,9H2,1H3,(H,18,22). The first-order valence-corrected chi connectivity index (χ1v) is 6.63. The molecule has 0 aliphatic carbocycles. The van der Waals surface area contributed by atoms with Gasteiger partial charge in [-0.2, -0.15) is 10.2 Å². The predicted molar refractivity (Wildman–Crippen MR) is 77.8 cm³/mol. The van der Waals surface area contributed by atoms with Crippen molar-refractivity contribution < 1.29 is 4.79 Å². The molecule has 1 N–H and O–H groups in total. The van der Waals surface area contributed by atoms with Crippen LogP contribution < -0.4 is 5.32 Å². The maximum atomic E-state index is 12.1. The Kier molecular flexibility index (Phi) is 3.50. The van der Waals surface area contributed by atoms with E-state index in [1.807, 2.05) is 13.0 Å². The van der Waals surface area contributed by atoms with Gasteiger partial charge in [0.25, 0.3) is 11.7 Å². The van der Waals surface area contributed by atoms with E-state index in [1.54, 1.807) is 36.5 Å². The molecule has 7 heteroatoms. The summed E-state index contributed by atoms with van der Waals surface area (Å²) in [7, 11) is 0. The Balaban J connectivity index is 1.73. The lowest BCUT2D eigenvalue weighted by Gasteiger charge is -2.02. The highest BCUT2D eigenvalue weighted by molar-refractivity contribution is 5.90. The van der Waals surface area contributed by atoms with Crippen molar-refractivity contribution in [3.63, 3.8) is 0 Å². The quantitative estimate of drug-likeness (QED) is 0.783. The topological polar surface area (TPSA) is 96.0 Å². The molecule has 0 unspecified atom stereocenters. The zero-order valence-corrected chi connectivity index (χ0v) is 11.8. The van der Waals surface area contributed by atoms with E-state index in [0.717, 1.165) is 11.3 Å². The Hall–Kier alpha value is -3.27. The lowest BCUT2D eigenvalue weighted by molar-refractivity contribution is 0.0940. The van der Waals surface area contributed by atoms with E-state index in [-0.39, 0.29) is 11.7 Å². The average Bonchev–Trinajstić information content (AvgIpc) is 2.99. The van der Waals surface area contributed by atoms with Crippen LogP contribution in [0.3, 0.4) is 0 Å². The molecule has 1 amide bonds. The lowest BCUT2D eigenvalue weighted by Crippen LogP contribution is -2.24. The molecule has 0 aliphatic heterocycles. The Labute approximate surface area is 126 Å². The number of aryl methyl sites for hydroxylation is 1. The maximum absolute atomic E-state index is 12.1. The second-order valence-electron chi connectivity index (χ2n) is 4.72. The summed E-state index contributed by atoms with van der Waals surface area (Å²) in [5.74, 6) is 0.105. The Morgan fingerprint density at radius 1 is 1.32 bits per heavy atom. The third kappa shape index (κ3) is 2.62. The fourth-order valence-corrected chi connectivity index (χ4v) is 1.96. The van der Waals surface area contributed by atoms with Gasteiger partial charge < -0.3 is 5.32 Å². The first-order valence-electron chi connectivity index (χ1n) is 6.63. The van der Waals surface area contributed by atoms with Gasteiger partial charge in [0.05, 0.1) is 11.6 Å². The summed E-state index contributed by atoms with van der Waals surface area (Å²) in [5.41, 5.74) is 2.33. The number of benzene rings is 1. The molecule has 0 saturated heterocycles. The minimum atomic E-state index is -0.366. The van der Waals surface area contributed by atoms with Crippen molar-refractivity contribution in [2.75, 3.05) is 0 Å². The van der Waals surface area contributed by atoms with Gasteiger partial charge >= 0.3 is 0 Å². The highest BCUT2D eigenvalue weighted by atomic mass is 16.2. The van der Waals surface area contributed by atoms with Gasteiger partial charge in [-0.25, -0.2) is 9.50 Å². The van der Waals surface area contributed by atoms with Crippen LogP contribution in [-0.2, 0) is 6.54 Å². The van der Waals surface area contributed by atoms with Gasteiger partial charge in [0.15, 0.2) is 0 Å². The monoisotopic (exact) mass is 292 g/mol. The smallest absolute Gasteiger partial charge is 0.291 e. The van der Waals surface area contributed by atoms with Crippen molar-refractivity contribution in [3.8, 4) is 6.07 Å². The number of amides is 1. The molecule has 0 radical (unpaired) electrons. The first kappa shape index (κ1) is 13.7. The molecule has 7 nitrogen and oxygen atoms in total. The molecule has 0 saturated carbocycles. The third-order valence-corrected chi connectivity index (χ3v) is 3.17. The van der Waals surface area contributed by atoms with Crippen molar-refractivity contribution in [1.29, 1.82) is 5.26 Å². The third-order valence-electron chi connectivity index (χ3n) is 3.17. The van der Waals surface area contributed by atoms with Crippen molar-refractivity contribution in [1.82, 2.24) is 24.9 Å². The number of nitrogens with zero attached hydrogens (tertiary/aromatic N) is 5. The molecule has 0 atom stereocenters. The molecule has 0 aliphatic rings. The van der Waals surface area contributed by atoms with Crippen molar-refractivity contribution in [2.24, 2.45) is 0 Å². The SMILES string of the molecule is Cc1ccnc2nc(C(=O)NCc3ccc(C#N)cc3)nn12. The average molecular weight is 292 g/mol. The summed E-state index contributed by atoms with van der Waals surface area (Å²) >= 11 is 0. The van der Waals surface area contributed by atoms with Gasteiger partial charge in [0.2, 0.25) is 5.82 Å². The van der Waals surface area contributed by atoms with Crippen molar-refractivity contribution in [2.45, 2.75) is 13.5 Å². The summed E-state index contributed by atoms with van der Waals surface area (Å²) in [6, 6.07) is 10.8. The van der Waals surface area contributed by atoms with Gasteiger partial charge in [0, 0.05) is 18.4 Å². The zero-order chi connectivity index (χ0) is 15.5. The number of hydrogen-bond donors (Lipinski definition) is 1. The summed E-state index contributed by atoms with van der Waals surface area (Å²) < 4.78 is 1.52. The maximum Gasteiger partial charge on any atom is 0.291 e. The summed E-state index contributed by atoms with van der Waals surface area (Å²) in [6.45, 7) is 2.20. The molecule has 2 heterocycles. The second kappa shape index (κ2) is 5.61. The van der Waals surface area contributed by atoms with Crippen LogP contribution in [0.4, 0.5) is 0 Å². The molecule has 3 rings (SSSR count). The molecule has 108 valence electrons. The summed E-state index contributed by atoms with van der Waals surface area (Å²) in [5, 5.41) is 15.6. The highest BCUT2D eigenvalue weighted by Crippen LogP contribution is 2.04. The molecule has 3 aromatic rings. The molecule has 0 fully saturated rings. The number of rotatable bonds is 3. The Bertz CT molecular complexity index is 875. The number of nitrogens with one attached hydrogen (secondary N) is 1. The van der Waals surface area contributed by atoms with Crippen LogP contribution in [0.1, 0.15) is 27.4 Å². The van der Waals surface area contributed by atoms with E-state index >= 15 is 0 Å². The van der Waals surface area contributed by atoms with E-state index < -0.39 is 0 Å². The van der Waals surface area contributed by atoms with Gasteiger partial charge in [-0.3, -0.25) is 4.79 Å². The fraction of sp³-hybridized carbons (Fsp3) is 0.133. The zero-order valence-electron chi connectivity index (χ0n) is 11.8. The Morgan fingerprint density at radius 2 is 2.09 bits per heavy atom. The molecular weight excluding hydrogens is 280 g/mol. The van der Waals surface area contributed by atoms with Gasteiger partial charge in [0.1, 0.15) is 0 Å². The van der Waals surface area contributed by atoms with Crippen LogP contribution in [0.15, 0.2) is 36.5 Å². The lowest BCUT2D eigenvalue weighted by atomic mass is 10.1. The minimum absolute atomic E-state index is 0.0791. The number of fused-ring (bicyclic) bond motifs is 1. The number of carbonyl (C=O) groups is 1. The number of hydrogen-bond acceptors (Lipinski definition) is 5. The van der Waals surface area contributed by atoms with Crippen LogP contribution >= 0.6 is 0 Å². The van der Waals surface area contributed by atoms with Crippen LogP contribution in [-0.4, -0.2) is 25.5 Å².